The first-order chi connectivity index (χ1) is 11.3. The van der Waals surface area contributed by atoms with E-state index >= 15 is 0 Å². The smallest absolute Gasteiger partial charge is 0.548 e. The van der Waals surface area contributed by atoms with Crippen LogP contribution in [0.25, 0.3) is 0 Å². The van der Waals surface area contributed by atoms with Crippen LogP contribution in [0, 0.1) is 0 Å². The van der Waals surface area contributed by atoms with Crippen LogP contribution in [0.1, 0.15) is 32.1 Å². The van der Waals surface area contributed by atoms with Gasteiger partial charge in [-0.3, -0.25) is 4.90 Å². The van der Waals surface area contributed by atoms with Crippen LogP contribution in [0.15, 0.2) is 24.3 Å². The van der Waals surface area contributed by atoms with E-state index in [-0.39, 0.29) is 37.8 Å². The quantitative estimate of drug-likeness (QED) is 0.675. The molecule has 8 heteroatoms. The Labute approximate surface area is 162 Å². The maximum Gasteiger partial charge on any atom is 1.00 e. The number of carbonyl (C=O) groups is 1. The summed E-state index contributed by atoms with van der Waals surface area (Å²) in [5, 5.41) is 12.3. The number of halogens is 3. The molecule has 0 amide bonds. The predicted molar refractivity (Wildman–Crippen MR) is 83.2 cm³/mol. The molecule has 0 bridgehead atoms. The number of carboxylic acids is 1. The molecule has 1 aliphatic carbocycles. The number of alkyl halides is 2. The zero-order chi connectivity index (χ0) is 17.4. The molecule has 2 aliphatic rings. The van der Waals surface area contributed by atoms with Crippen molar-refractivity contribution in [1.29, 1.82) is 0 Å². The van der Waals surface area contributed by atoms with E-state index in [1.54, 1.807) is 29.2 Å². The van der Waals surface area contributed by atoms with Crippen molar-refractivity contribution in [2.24, 2.45) is 0 Å². The molecule has 0 unspecified atom stereocenters. The predicted octanol–water partition coefficient (Wildman–Crippen LogP) is -0.505. The van der Waals surface area contributed by atoms with E-state index < -0.39 is 30.3 Å². The standard InChI is InChI=1S/C17H20ClF2NO3.Li/c18-12-2-1-3-13(10-12)24-14-4-9-21(11-14)16(15(22)23)5-7-17(19,20)8-6-16;/h1-3,10,14H,4-9,11H2,(H,22,23);/q;+1/p-1/t14-;/m1./s1. The molecule has 1 atom stereocenters. The second-order valence-electron chi connectivity index (χ2n) is 6.61. The largest absolute Gasteiger partial charge is 1.00 e. The van der Waals surface area contributed by atoms with Gasteiger partial charge < -0.3 is 14.6 Å². The first kappa shape index (κ1) is 20.5. The summed E-state index contributed by atoms with van der Waals surface area (Å²) < 4.78 is 32.7. The minimum Gasteiger partial charge on any atom is -0.548 e. The van der Waals surface area contributed by atoms with Gasteiger partial charge in [0.25, 0.3) is 0 Å². The van der Waals surface area contributed by atoms with Gasteiger partial charge in [0.15, 0.2) is 0 Å². The van der Waals surface area contributed by atoms with E-state index in [0.717, 1.165) is 0 Å². The summed E-state index contributed by atoms with van der Waals surface area (Å²) >= 11 is 5.92. The first-order valence-electron chi connectivity index (χ1n) is 8.07. The molecule has 0 aromatic heterocycles. The molecule has 1 saturated carbocycles. The molecule has 1 saturated heterocycles. The Morgan fingerprint density at radius 2 is 1.96 bits per heavy atom. The van der Waals surface area contributed by atoms with E-state index in [1.807, 2.05) is 0 Å². The second-order valence-corrected chi connectivity index (χ2v) is 7.04. The van der Waals surface area contributed by atoms with E-state index in [2.05, 4.69) is 0 Å². The molecule has 4 nitrogen and oxygen atoms in total. The van der Waals surface area contributed by atoms with Gasteiger partial charge in [0, 0.05) is 31.0 Å². The van der Waals surface area contributed by atoms with E-state index in [4.69, 9.17) is 16.3 Å². The molecule has 1 heterocycles. The van der Waals surface area contributed by atoms with Gasteiger partial charge in [0.2, 0.25) is 5.92 Å². The number of aliphatic carboxylic acids is 1. The number of carbonyl (C=O) groups excluding carboxylic acids is 1. The first-order valence-corrected chi connectivity index (χ1v) is 8.45. The van der Waals surface area contributed by atoms with E-state index in [9.17, 15) is 18.7 Å². The maximum atomic E-state index is 13.4. The molecular formula is C17H19ClF2LiNO3. The van der Waals surface area contributed by atoms with Gasteiger partial charge in [-0.2, -0.15) is 0 Å². The van der Waals surface area contributed by atoms with E-state index in [1.165, 1.54) is 0 Å². The van der Waals surface area contributed by atoms with E-state index in [0.29, 0.717) is 30.3 Å². The Kier molecular flexibility index (Phi) is 6.43. The van der Waals surface area contributed by atoms with Crippen molar-refractivity contribution in [3.8, 4) is 5.75 Å². The van der Waals surface area contributed by atoms with Gasteiger partial charge in [-0.15, -0.1) is 0 Å². The fourth-order valence-corrected chi connectivity index (χ4v) is 3.80. The minimum absolute atomic E-state index is 0. The molecule has 1 aliphatic heterocycles. The van der Waals surface area contributed by atoms with Crippen LogP contribution in [0.3, 0.4) is 0 Å². The van der Waals surface area contributed by atoms with Crippen LogP contribution in [0.5, 0.6) is 5.75 Å². The number of hydrogen-bond donors (Lipinski definition) is 0. The van der Waals surface area contributed by atoms with Crippen molar-refractivity contribution < 1.29 is 42.3 Å². The average Bonchev–Trinajstić information content (AvgIpc) is 2.96. The SMILES string of the molecule is O=C([O-])C1(N2CC[C@@H](Oc3cccc(Cl)c3)C2)CCC(F)(F)CC1.[Li+]. The molecule has 132 valence electrons. The Morgan fingerprint density at radius 3 is 2.56 bits per heavy atom. The van der Waals surface area contributed by atoms with Gasteiger partial charge in [-0.1, -0.05) is 17.7 Å². The van der Waals surface area contributed by atoms with Crippen molar-refractivity contribution >= 4 is 17.6 Å². The Bertz CT molecular complexity index is 622. The average molecular weight is 366 g/mol. The second kappa shape index (κ2) is 7.83. The summed E-state index contributed by atoms with van der Waals surface area (Å²) in [7, 11) is 0. The fraction of sp³-hybridized carbons (Fsp3) is 0.588. The topological polar surface area (TPSA) is 52.6 Å². The zero-order valence-corrected chi connectivity index (χ0v) is 14.9. The van der Waals surface area contributed by atoms with Crippen molar-refractivity contribution in [3.05, 3.63) is 29.3 Å². The van der Waals surface area contributed by atoms with Crippen LogP contribution in [0.4, 0.5) is 8.78 Å². The third kappa shape index (κ3) is 4.49. The van der Waals surface area contributed by atoms with Crippen LogP contribution < -0.4 is 28.7 Å². The monoisotopic (exact) mass is 365 g/mol. The van der Waals surface area contributed by atoms with Crippen molar-refractivity contribution in [2.45, 2.75) is 49.7 Å². The molecule has 0 N–H and O–H groups in total. The molecule has 3 rings (SSSR count). The van der Waals surface area contributed by atoms with Gasteiger partial charge in [-0.25, -0.2) is 8.78 Å². The van der Waals surface area contributed by atoms with Crippen LogP contribution in [-0.2, 0) is 4.79 Å². The van der Waals surface area contributed by atoms with Crippen LogP contribution >= 0.6 is 11.6 Å². The van der Waals surface area contributed by atoms with Crippen LogP contribution in [0.2, 0.25) is 5.02 Å². The maximum absolute atomic E-state index is 13.4. The summed E-state index contributed by atoms with van der Waals surface area (Å²) in [4.78, 5) is 13.5. The van der Waals surface area contributed by atoms with Gasteiger partial charge in [0.1, 0.15) is 11.9 Å². The third-order valence-electron chi connectivity index (χ3n) is 5.04. The molecule has 0 radical (unpaired) electrons. The fourth-order valence-electron chi connectivity index (χ4n) is 3.62. The van der Waals surface area contributed by atoms with Crippen LogP contribution in [-0.4, -0.2) is 41.5 Å². The number of benzene rings is 1. The number of carboxylic acid groups (broad SMARTS) is 1. The summed E-state index contributed by atoms with van der Waals surface area (Å²) in [5.74, 6) is -3.43. The zero-order valence-electron chi connectivity index (χ0n) is 14.1. The third-order valence-corrected chi connectivity index (χ3v) is 5.27. The number of ether oxygens (including phenoxy) is 1. The normalized spacial score (nSPS) is 25.2. The summed E-state index contributed by atoms with van der Waals surface area (Å²) in [5.41, 5.74) is -1.31. The molecule has 0 spiro atoms. The summed E-state index contributed by atoms with van der Waals surface area (Å²) in [6, 6.07) is 6.99. The molecule has 1 aromatic rings. The molecule has 25 heavy (non-hydrogen) atoms. The van der Waals surface area contributed by atoms with Crippen molar-refractivity contribution in [3.63, 3.8) is 0 Å². The van der Waals surface area contributed by atoms with Gasteiger partial charge in [-0.05, 0) is 37.5 Å². The molecule has 2 fully saturated rings. The molecular weight excluding hydrogens is 347 g/mol. The summed E-state index contributed by atoms with van der Waals surface area (Å²) in [6.07, 6.45) is -0.576. The minimum atomic E-state index is -2.78. The molecule has 1 aromatic carbocycles. The van der Waals surface area contributed by atoms with Crippen molar-refractivity contribution in [1.82, 2.24) is 4.90 Å². The number of hydrogen-bond acceptors (Lipinski definition) is 4. The Hall–Kier alpha value is -0.803. The van der Waals surface area contributed by atoms with Gasteiger partial charge >= 0.3 is 18.9 Å². The number of rotatable bonds is 4. The van der Waals surface area contributed by atoms with Crippen molar-refractivity contribution in [2.75, 3.05) is 13.1 Å². The summed E-state index contributed by atoms with van der Waals surface area (Å²) in [6.45, 7) is 0.872. The number of nitrogens with zero attached hydrogens (tertiary/aromatic N) is 1. The Balaban J connectivity index is 0.00000225. The number of likely N-dealkylation sites (tertiary alicyclic amines) is 1. The van der Waals surface area contributed by atoms with Gasteiger partial charge in [0.05, 0.1) is 11.5 Å². The Morgan fingerprint density at radius 1 is 1.28 bits per heavy atom.